The summed E-state index contributed by atoms with van der Waals surface area (Å²) >= 11 is 0. The summed E-state index contributed by atoms with van der Waals surface area (Å²) in [4.78, 5) is 0. The topological polar surface area (TPSA) is 21.3 Å². The Balaban J connectivity index is 1.77. The van der Waals surface area contributed by atoms with Crippen LogP contribution in [0.15, 0.2) is 0 Å². The van der Waals surface area contributed by atoms with E-state index in [1.165, 1.54) is 38.5 Å². The molecular weight excluding hydrogens is 186 g/mol. The zero-order valence-electron chi connectivity index (χ0n) is 10.4. The Kier molecular flexibility index (Phi) is 7.03. The van der Waals surface area contributed by atoms with E-state index in [0.29, 0.717) is 6.10 Å². The number of nitrogens with one attached hydrogen (secondary N) is 1. The van der Waals surface area contributed by atoms with E-state index in [1.807, 2.05) is 0 Å². The van der Waals surface area contributed by atoms with E-state index in [2.05, 4.69) is 19.2 Å². The molecule has 0 heterocycles. The maximum atomic E-state index is 5.74. The highest BCUT2D eigenvalue weighted by molar-refractivity contribution is 4.72. The number of unbranched alkanes of at least 4 members (excludes halogenated alkanes) is 2. The van der Waals surface area contributed by atoms with E-state index in [0.717, 1.165) is 25.6 Å². The van der Waals surface area contributed by atoms with Crippen molar-refractivity contribution in [3.05, 3.63) is 0 Å². The first-order valence-corrected chi connectivity index (χ1v) is 6.65. The smallest absolute Gasteiger partial charge is 0.0671 e. The molecule has 15 heavy (non-hydrogen) atoms. The molecule has 0 spiro atoms. The third-order valence-corrected chi connectivity index (χ3v) is 3.01. The number of hydrogen-bond acceptors (Lipinski definition) is 2. The minimum atomic E-state index is 0.380. The molecule has 1 aliphatic rings. The highest BCUT2D eigenvalue weighted by Crippen LogP contribution is 2.32. The Morgan fingerprint density at radius 1 is 1.33 bits per heavy atom. The second-order valence-corrected chi connectivity index (χ2v) is 4.82. The Morgan fingerprint density at radius 3 is 2.80 bits per heavy atom. The molecule has 0 aromatic heterocycles. The zero-order chi connectivity index (χ0) is 10.9. The fourth-order valence-electron chi connectivity index (χ4n) is 1.71. The number of rotatable bonds is 10. The molecule has 2 heteroatoms. The molecule has 1 aliphatic carbocycles. The maximum absolute atomic E-state index is 5.74. The minimum absolute atomic E-state index is 0.380. The molecule has 1 N–H and O–H groups in total. The lowest BCUT2D eigenvalue weighted by molar-refractivity contribution is 0.0618. The molecule has 0 aromatic rings. The van der Waals surface area contributed by atoms with Crippen LogP contribution >= 0.6 is 0 Å². The van der Waals surface area contributed by atoms with Crippen LogP contribution in [-0.2, 0) is 4.74 Å². The average molecular weight is 213 g/mol. The molecule has 2 nitrogen and oxygen atoms in total. The van der Waals surface area contributed by atoms with Gasteiger partial charge in [-0.25, -0.2) is 0 Å². The molecule has 0 bridgehead atoms. The van der Waals surface area contributed by atoms with Crippen molar-refractivity contribution in [3.63, 3.8) is 0 Å². The van der Waals surface area contributed by atoms with E-state index in [1.54, 1.807) is 0 Å². The van der Waals surface area contributed by atoms with Crippen LogP contribution in [0.5, 0.6) is 0 Å². The van der Waals surface area contributed by atoms with Crippen LogP contribution in [0.25, 0.3) is 0 Å². The summed E-state index contributed by atoms with van der Waals surface area (Å²) in [5.74, 6) is 0.995. The average Bonchev–Trinajstić information content (AvgIpc) is 3.01. The van der Waals surface area contributed by atoms with Crippen LogP contribution in [0.4, 0.5) is 0 Å². The van der Waals surface area contributed by atoms with Crippen LogP contribution in [-0.4, -0.2) is 25.8 Å². The largest absolute Gasteiger partial charge is 0.377 e. The fraction of sp³-hybridized carbons (Fsp3) is 1.00. The third-order valence-electron chi connectivity index (χ3n) is 3.01. The Bertz CT molecular complexity index is 145. The van der Waals surface area contributed by atoms with Crippen LogP contribution < -0.4 is 5.32 Å². The summed E-state index contributed by atoms with van der Waals surface area (Å²) in [6.07, 6.45) is 8.47. The number of ether oxygens (including phenoxy) is 1. The molecule has 0 radical (unpaired) electrons. The standard InChI is InChI=1S/C13H27NO/c1-3-4-5-9-14-11-12(2)15-10-8-13-6-7-13/h12-14H,3-11H2,1-2H3. The minimum Gasteiger partial charge on any atom is -0.377 e. The highest BCUT2D eigenvalue weighted by atomic mass is 16.5. The van der Waals surface area contributed by atoms with Gasteiger partial charge in [0.15, 0.2) is 0 Å². The normalized spacial score (nSPS) is 18.0. The Morgan fingerprint density at radius 2 is 2.13 bits per heavy atom. The molecule has 1 fully saturated rings. The quantitative estimate of drug-likeness (QED) is 0.563. The molecule has 1 unspecified atom stereocenters. The predicted octanol–water partition coefficient (Wildman–Crippen LogP) is 2.97. The Hall–Kier alpha value is -0.0800. The van der Waals surface area contributed by atoms with Gasteiger partial charge in [-0.2, -0.15) is 0 Å². The van der Waals surface area contributed by atoms with Crippen molar-refractivity contribution < 1.29 is 4.74 Å². The highest BCUT2D eigenvalue weighted by Gasteiger charge is 2.20. The van der Waals surface area contributed by atoms with Crippen molar-refractivity contribution in [2.75, 3.05) is 19.7 Å². The Labute approximate surface area is 94.8 Å². The van der Waals surface area contributed by atoms with E-state index in [4.69, 9.17) is 4.74 Å². The van der Waals surface area contributed by atoms with Crippen LogP contribution in [0, 0.1) is 5.92 Å². The van der Waals surface area contributed by atoms with Gasteiger partial charge in [0.2, 0.25) is 0 Å². The molecule has 0 aromatic carbocycles. The molecule has 90 valence electrons. The maximum Gasteiger partial charge on any atom is 0.0671 e. The van der Waals surface area contributed by atoms with Gasteiger partial charge >= 0.3 is 0 Å². The second-order valence-electron chi connectivity index (χ2n) is 4.82. The lowest BCUT2D eigenvalue weighted by Crippen LogP contribution is -2.28. The van der Waals surface area contributed by atoms with Gasteiger partial charge in [-0.05, 0) is 32.2 Å². The molecule has 1 saturated carbocycles. The summed E-state index contributed by atoms with van der Waals surface area (Å²) in [6, 6.07) is 0. The van der Waals surface area contributed by atoms with Crippen molar-refractivity contribution in [2.24, 2.45) is 5.92 Å². The van der Waals surface area contributed by atoms with Crippen LogP contribution in [0.3, 0.4) is 0 Å². The summed E-state index contributed by atoms with van der Waals surface area (Å²) in [5, 5.41) is 3.45. The lowest BCUT2D eigenvalue weighted by atomic mass is 10.2. The zero-order valence-corrected chi connectivity index (χ0v) is 10.4. The molecular formula is C13H27NO. The van der Waals surface area contributed by atoms with Crippen LogP contribution in [0.1, 0.15) is 52.4 Å². The lowest BCUT2D eigenvalue weighted by Gasteiger charge is -2.13. The van der Waals surface area contributed by atoms with E-state index < -0.39 is 0 Å². The molecule has 0 saturated heterocycles. The van der Waals surface area contributed by atoms with Gasteiger partial charge in [0.25, 0.3) is 0 Å². The first-order valence-electron chi connectivity index (χ1n) is 6.65. The van der Waals surface area contributed by atoms with Gasteiger partial charge in [-0.1, -0.05) is 32.6 Å². The van der Waals surface area contributed by atoms with Gasteiger partial charge in [0, 0.05) is 13.2 Å². The van der Waals surface area contributed by atoms with E-state index in [9.17, 15) is 0 Å². The van der Waals surface area contributed by atoms with Crippen molar-refractivity contribution in [1.82, 2.24) is 5.32 Å². The SMILES string of the molecule is CCCCCNCC(C)OCCC1CC1. The summed E-state index contributed by atoms with van der Waals surface area (Å²) in [7, 11) is 0. The van der Waals surface area contributed by atoms with Crippen molar-refractivity contribution in [3.8, 4) is 0 Å². The predicted molar refractivity (Wildman–Crippen MR) is 65.1 cm³/mol. The van der Waals surface area contributed by atoms with Crippen molar-refractivity contribution in [1.29, 1.82) is 0 Å². The second kappa shape index (κ2) is 8.12. The first kappa shape index (κ1) is 13.0. The molecule has 1 rings (SSSR count). The monoisotopic (exact) mass is 213 g/mol. The van der Waals surface area contributed by atoms with Gasteiger partial charge < -0.3 is 10.1 Å². The first-order chi connectivity index (χ1) is 7.33. The summed E-state index contributed by atoms with van der Waals surface area (Å²) in [6.45, 7) is 7.52. The number of hydrogen-bond donors (Lipinski definition) is 1. The van der Waals surface area contributed by atoms with E-state index >= 15 is 0 Å². The third kappa shape index (κ3) is 7.80. The van der Waals surface area contributed by atoms with Gasteiger partial charge in [0.1, 0.15) is 0 Å². The van der Waals surface area contributed by atoms with Gasteiger partial charge in [-0.3, -0.25) is 0 Å². The fourth-order valence-corrected chi connectivity index (χ4v) is 1.71. The summed E-state index contributed by atoms with van der Waals surface area (Å²) in [5.41, 5.74) is 0. The summed E-state index contributed by atoms with van der Waals surface area (Å²) < 4.78 is 5.74. The molecule has 0 amide bonds. The van der Waals surface area contributed by atoms with Gasteiger partial charge in [-0.15, -0.1) is 0 Å². The van der Waals surface area contributed by atoms with Crippen molar-refractivity contribution in [2.45, 2.75) is 58.5 Å². The van der Waals surface area contributed by atoms with Crippen LogP contribution in [0.2, 0.25) is 0 Å². The van der Waals surface area contributed by atoms with Gasteiger partial charge in [0.05, 0.1) is 6.10 Å². The van der Waals surface area contributed by atoms with E-state index in [-0.39, 0.29) is 0 Å². The molecule has 0 aliphatic heterocycles. The molecule has 1 atom stereocenters. The van der Waals surface area contributed by atoms with Crippen molar-refractivity contribution >= 4 is 0 Å².